The zero-order chi connectivity index (χ0) is 18.8. The molecular weight excluding hydrogens is 312 g/mol. The highest BCUT2D eigenvalue weighted by molar-refractivity contribution is 6.12. The van der Waals surface area contributed by atoms with Crippen LogP contribution >= 0.6 is 0 Å². The van der Waals surface area contributed by atoms with Crippen LogP contribution in [-0.2, 0) is 4.79 Å². The molecule has 136 valence electrons. The second-order valence-corrected chi connectivity index (χ2v) is 6.30. The van der Waals surface area contributed by atoms with Gasteiger partial charge in [-0.25, -0.2) is 0 Å². The van der Waals surface area contributed by atoms with Crippen LogP contribution in [0.5, 0.6) is 0 Å². The molecule has 0 aromatic rings. The van der Waals surface area contributed by atoms with Crippen LogP contribution in [0.1, 0.15) is 39.5 Å². The summed E-state index contributed by atoms with van der Waals surface area (Å²) < 4.78 is 0. The Morgan fingerprint density at radius 1 is 1.32 bits per heavy atom. The topological polar surface area (TPSA) is 64.4 Å². The summed E-state index contributed by atoms with van der Waals surface area (Å²) in [6.45, 7) is 12.6. The number of rotatable bonds is 8. The van der Waals surface area contributed by atoms with Crippen molar-refractivity contribution in [3.63, 3.8) is 0 Å². The van der Waals surface area contributed by atoms with E-state index in [2.05, 4.69) is 13.2 Å². The zero-order valence-corrected chi connectivity index (χ0v) is 15.4. The number of carbonyl (C=O) groups excluding carboxylic acids is 1. The Bertz CT molecular complexity index is 603. The number of hydrogen-bond acceptors (Lipinski definition) is 3. The summed E-state index contributed by atoms with van der Waals surface area (Å²) in [7, 11) is 0. The molecule has 2 N–H and O–H groups in total. The van der Waals surface area contributed by atoms with Gasteiger partial charge in [0.1, 0.15) is 0 Å². The quantitative estimate of drug-likeness (QED) is 0.303. The number of hydrogen-bond donors (Lipinski definition) is 2. The third kappa shape index (κ3) is 7.06. The third-order valence-electron chi connectivity index (χ3n) is 4.16. The first-order valence-electron chi connectivity index (χ1n) is 8.80. The maximum atomic E-state index is 12.6. The maximum Gasteiger partial charge on any atom is 0.249 e. The van der Waals surface area contributed by atoms with Gasteiger partial charge in [-0.2, -0.15) is 0 Å². The fourth-order valence-corrected chi connectivity index (χ4v) is 2.60. The Labute approximate surface area is 151 Å². The van der Waals surface area contributed by atoms with E-state index < -0.39 is 0 Å². The molecule has 0 unspecified atom stereocenters. The lowest BCUT2D eigenvalue weighted by Crippen LogP contribution is -2.40. The molecule has 1 rings (SSSR count). The Hall–Kier alpha value is -2.20. The van der Waals surface area contributed by atoms with Crippen LogP contribution in [-0.4, -0.2) is 40.8 Å². The number of piperidine rings is 1. The SMILES string of the molecule is C=CCC=C/C(C)=C\C(=C)C(=N)/C=C(\CC)C(=O)N1CCC(O)CC1. The van der Waals surface area contributed by atoms with E-state index in [-0.39, 0.29) is 17.7 Å². The van der Waals surface area contributed by atoms with Gasteiger partial charge in [0.15, 0.2) is 0 Å². The number of likely N-dealkylation sites (tertiary alicyclic amines) is 1. The van der Waals surface area contributed by atoms with Gasteiger partial charge < -0.3 is 15.4 Å². The summed E-state index contributed by atoms with van der Waals surface area (Å²) in [5.74, 6) is -0.0430. The zero-order valence-electron chi connectivity index (χ0n) is 15.4. The van der Waals surface area contributed by atoms with Crippen molar-refractivity contribution in [2.45, 2.75) is 45.6 Å². The molecule has 0 aliphatic carbocycles. The minimum atomic E-state index is -0.307. The highest BCUT2D eigenvalue weighted by atomic mass is 16.3. The lowest BCUT2D eigenvalue weighted by molar-refractivity contribution is -0.129. The van der Waals surface area contributed by atoms with Crippen LogP contribution in [0.15, 0.2) is 60.3 Å². The molecule has 0 spiro atoms. The fourth-order valence-electron chi connectivity index (χ4n) is 2.60. The molecule has 4 nitrogen and oxygen atoms in total. The summed E-state index contributed by atoms with van der Waals surface area (Å²) in [5, 5.41) is 17.8. The molecule has 1 aliphatic rings. The van der Waals surface area contributed by atoms with E-state index >= 15 is 0 Å². The Morgan fingerprint density at radius 2 is 1.96 bits per heavy atom. The summed E-state index contributed by atoms with van der Waals surface area (Å²) in [6, 6.07) is 0. The van der Waals surface area contributed by atoms with Crippen LogP contribution in [0, 0.1) is 5.41 Å². The fraction of sp³-hybridized carbons (Fsp3) is 0.429. The van der Waals surface area contributed by atoms with Gasteiger partial charge in [0.2, 0.25) is 5.91 Å². The van der Waals surface area contributed by atoms with Gasteiger partial charge in [-0.15, -0.1) is 6.58 Å². The van der Waals surface area contributed by atoms with E-state index in [4.69, 9.17) is 5.41 Å². The normalized spacial score (nSPS) is 17.0. The molecule has 1 amide bonds. The predicted molar refractivity (Wildman–Crippen MR) is 105 cm³/mol. The average molecular weight is 342 g/mol. The molecular formula is C21H30N2O2. The highest BCUT2D eigenvalue weighted by Gasteiger charge is 2.23. The summed E-state index contributed by atoms with van der Waals surface area (Å²) in [5.41, 5.74) is 2.43. The van der Waals surface area contributed by atoms with E-state index in [1.54, 1.807) is 11.0 Å². The van der Waals surface area contributed by atoms with Gasteiger partial charge in [-0.3, -0.25) is 4.79 Å². The van der Waals surface area contributed by atoms with Crippen molar-refractivity contribution in [1.82, 2.24) is 4.90 Å². The first-order chi connectivity index (χ1) is 11.9. The molecule has 4 heteroatoms. The molecule has 0 radical (unpaired) electrons. The standard InChI is InChI=1S/C21H30N2O2/c1-5-7-8-9-16(3)14-17(4)20(22)15-18(6-2)21(25)23-12-10-19(24)11-13-23/h5,8-9,14-15,19,22,24H,1,4,6-7,10-13H2,2-3H3/b9-8?,16-14-,18-15+,22-20?. The van der Waals surface area contributed by atoms with Crippen LogP contribution < -0.4 is 0 Å². The van der Waals surface area contributed by atoms with Crippen molar-refractivity contribution < 1.29 is 9.90 Å². The lowest BCUT2D eigenvalue weighted by Gasteiger charge is -2.30. The first kappa shape index (κ1) is 20.8. The van der Waals surface area contributed by atoms with Crippen molar-refractivity contribution in [1.29, 1.82) is 5.41 Å². The van der Waals surface area contributed by atoms with E-state index in [1.807, 2.05) is 38.2 Å². The predicted octanol–water partition coefficient (Wildman–Crippen LogP) is 3.96. The molecule has 0 bridgehead atoms. The van der Waals surface area contributed by atoms with Gasteiger partial charge in [0.25, 0.3) is 0 Å². The van der Waals surface area contributed by atoms with E-state index in [0.717, 1.165) is 12.0 Å². The number of aliphatic hydroxyl groups excluding tert-OH is 1. The molecule has 1 aliphatic heterocycles. The molecule has 1 heterocycles. The highest BCUT2D eigenvalue weighted by Crippen LogP contribution is 2.16. The van der Waals surface area contributed by atoms with Crippen molar-refractivity contribution in [3.05, 3.63) is 60.3 Å². The minimum absolute atomic E-state index is 0.0430. The van der Waals surface area contributed by atoms with E-state index in [1.165, 1.54) is 0 Å². The van der Waals surface area contributed by atoms with E-state index in [0.29, 0.717) is 43.5 Å². The number of nitrogens with zero attached hydrogens (tertiary/aromatic N) is 1. The second kappa shape index (κ2) is 10.6. The molecule has 0 atom stereocenters. The summed E-state index contributed by atoms with van der Waals surface area (Å²) in [6.07, 6.45) is 11.5. The molecule has 0 aromatic heterocycles. The van der Waals surface area contributed by atoms with Gasteiger partial charge in [0.05, 0.1) is 11.8 Å². The van der Waals surface area contributed by atoms with Crippen LogP contribution in [0.2, 0.25) is 0 Å². The number of carbonyl (C=O) groups is 1. The van der Waals surface area contributed by atoms with Crippen molar-refractivity contribution in [3.8, 4) is 0 Å². The second-order valence-electron chi connectivity index (χ2n) is 6.30. The Morgan fingerprint density at radius 3 is 2.52 bits per heavy atom. The van der Waals surface area contributed by atoms with Gasteiger partial charge in [-0.05, 0) is 44.3 Å². The van der Waals surface area contributed by atoms with Gasteiger partial charge in [0, 0.05) is 18.7 Å². The minimum Gasteiger partial charge on any atom is -0.393 e. The maximum absolute atomic E-state index is 12.6. The average Bonchev–Trinajstić information content (AvgIpc) is 2.59. The van der Waals surface area contributed by atoms with Crippen LogP contribution in [0.25, 0.3) is 0 Å². The molecule has 25 heavy (non-hydrogen) atoms. The Balaban J connectivity index is 2.77. The number of nitrogens with one attached hydrogen (secondary N) is 1. The Kier molecular flexibility index (Phi) is 8.86. The summed E-state index contributed by atoms with van der Waals surface area (Å²) >= 11 is 0. The van der Waals surface area contributed by atoms with Gasteiger partial charge >= 0.3 is 0 Å². The third-order valence-corrected chi connectivity index (χ3v) is 4.16. The first-order valence-corrected chi connectivity index (χ1v) is 8.80. The van der Waals surface area contributed by atoms with Crippen molar-refractivity contribution in [2.24, 2.45) is 0 Å². The van der Waals surface area contributed by atoms with Gasteiger partial charge in [-0.1, -0.05) is 43.4 Å². The molecule has 0 saturated carbocycles. The molecule has 1 saturated heterocycles. The number of amides is 1. The molecule has 1 fully saturated rings. The van der Waals surface area contributed by atoms with E-state index in [9.17, 15) is 9.90 Å². The van der Waals surface area contributed by atoms with Crippen LogP contribution in [0.4, 0.5) is 0 Å². The van der Waals surface area contributed by atoms with Crippen molar-refractivity contribution >= 4 is 11.6 Å². The smallest absolute Gasteiger partial charge is 0.249 e. The summed E-state index contributed by atoms with van der Waals surface area (Å²) in [4.78, 5) is 14.4. The van der Waals surface area contributed by atoms with Crippen LogP contribution in [0.3, 0.4) is 0 Å². The van der Waals surface area contributed by atoms with Crippen molar-refractivity contribution in [2.75, 3.05) is 13.1 Å². The monoisotopic (exact) mass is 342 g/mol. The number of allylic oxidation sites excluding steroid dienone is 7. The largest absolute Gasteiger partial charge is 0.393 e. The number of aliphatic hydroxyl groups is 1. The molecule has 0 aromatic carbocycles. The lowest BCUT2D eigenvalue weighted by atomic mass is 10.0.